The Morgan fingerprint density at radius 1 is 1.52 bits per heavy atom. The highest BCUT2D eigenvalue weighted by atomic mass is 19.1. The van der Waals surface area contributed by atoms with Gasteiger partial charge in [0.2, 0.25) is 0 Å². The van der Waals surface area contributed by atoms with E-state index in [1.807, 2.05) is 14.1 Å². The van der Waals surface area contributed by atoms with Crippen LogP contribution in [-0.4, -0.2) is 38.1 Å². The summed E-state index contributed by atoms with van der Waals surface area (Å²) in [5.74, 6) is 3.65. The van der Waals surface area contributed by atoms with E-state index in [1.54, 1.807) is 0 Å². The first-order valence-corrected chi connectivity index (χ1v) is 7.94. The first kappa shape index (κ1) is 18.1. The molecule has 0 aromatic rings. The Morgan fingerprint density at radius 2 is 2.14 bits per heavy atom. The van der Waals surface area contributed by atoms with Gasteiger partial charge in [0.15, 0.2) is 6.30 Å². The highest BCUT2D eigenvalue weighted by Gasteiger charge is 2.29. The smallest absolute Gasteiger partial charge is 0.153 e. The van der Waals surface area contributed by atoms with Gasteiger partial charge in [0.05, 0.1) is 5.82 Å². The van der Waals surface area contributed by atoms with Crippen LogP contribution >= 0.6 is 0 Å². The van der Waals surface area contributed by atoms with Crippen LogP contribution in [0.2, 0.25) is 6.82 Å². The summed E-state index contributed by atoms with van der Waals surface area (Å²) in [5, 5.41) is 6.48. The highest BCUT2D eigenvalue weighted by Crippen LogP contribution is 2.19. The minimum absolute atomic E-state index is 0.241. The Labute approximate surface area is 130 Å². The van der Waals surface area contributed by atoms with Crippen molar-refractivity contribution < 1.29 is 4.39 Å². The predicted molar refractivity (Wildman–Crippen MR) is 89.7 cm³/mol. The van der Waals surface area contributed by atoms with E-state index in [0.717, 1.165) is 18.8 Å². The maximum Gasteiger partial charge on any atom is 0.153 e. The molecule has 0 aliphatic carbocycles. The first-order chi connectivity index (χ1) is 9.88. The molecule has 2 N–H and O–H groups in total. The van der Waals surface area contributed by atoms with Crippen molar-refractivity contribution in [3.05, 3.63) is 23.1 Å². The molecular weight excluding hydrogens is 264 g/mol. The zero-order chi connectivity index (χ0) is 16.0. The van der Waals surface area contributed by atoms with E-state index >= 15 is 0 Å². The van der Waals surface area contributed by atoms with Crippen molar-refractivity contribution in [2.24, 2.45) is 5.92 Å². The highest BCUT2D eigenvalue weighted by molar-refractivity contribution is 6.40. The lowest BCUT2D eigenvalue weighted by Gasteiger charge is -2.37. The number of hydrogen-bond acceptors (Lipinski definition) is 3. The summed E-state index contributed by atoms with van der Waals surface area (Å²) in [6, 6.07) is 0.241. The van der Waals surface area contributed by atoms with E-state index in [1.165, 1.54) is 11.3 Å². The van der Waals surface area contributed by atoms with E-state index in [4.69, 9.17) is 0 Å². The second kappa shape index (κ2) is 8.47. The number of likely N-dealkylation sites (N-methyl/N-ethyl adjacent to an activating group) is 1. The predicted octanol–water partition coefficient (Wildman–Crippen LogP) is 3.06. The molecule has 0 bridgehead atoms. The number of nitrogens with one attached hydrogen (secondary N) is 2. The Balaban J connectivity index is 2.72. The maximum absolute atomic E-state index is 12.9. The molecule has 3 unspecified atom stereocenters. The number of alkyl halides is 1. The third-order valence-electron chi connectivity index (χ3n) is 4.04. The van der Waals surface area contributed by atoms with Crippen LogP contribution in [0.1, 0.15) is 40.5 Å². The number of hydrogen-bond donors (Lipinski definition) is 2. The van der Waals surface area contributed by atoms with Gasteiger partial charge in [-0.1, -0.05) is 32.2 Å². The Morgan fingerprint density at radius 3 is 2.57 bits per heavy atom. The van der Waals surface area contributed by atoms with E-state index in [0.29, 0.717) is 12.3 Å². The summed E-state index contributed by atoms with van der Waals surface area (Å²) in [4.78, 5) is 2.16. The SMILES string of the molecule is C[B]/C=C(/NC(=C(C)C)C(C)CC)N(C)CC1CC(F)N1. The van der Waals surface area contributed by atoms with Crippen LogP contribution in [0.4, 0.5) is 4.39 Å². The molecule has 1 heterocycles. The van der Waals surface area contributed by atoms with Crippen LogP contribution in [0.25, 0.3) is 0 Å². The van der Waals surface area contributed by atoms with Gasteiger partial charge in [0.1, 0.15) is 7.28 Å². The summed E-state index contributed by atoms with van der Waals surface area (Å²) < 4.78 is 12.9. The number of nitrogens with zero attached hydrogens (tertiary/aromatic N) is 1. The molecule has 1 saturated heterocycles. The van der Waals surface area contributed by atoms with Crippen molar-refractivity contribution >= 4 is 7.28 Å². The molecule has 3 atom stereocenters. The average Bonchev–Trinajstić information content (AvgIpc) is 2.40. The van der Waals surface area contributed by atoms with E-state index < -0.39 is 6.30 Å². The van der Waals surface area contributed by atoms with Crippen LogP contribution in [0, 0.1) is 5.92 Å². The van der Waals surface area contributed by atoms with Crippen molar-refractivity contribution in [2.45, 2.75) is 59.7 Å². The standard InChI is InChI=1S/C16H30BFN3/c1-7-12(4)16(11(2)3)20-15(9-17-5)21(6)10-13-8-14(18)19-13/h9,12-14,19-20H,7-8,10H2,1-6H3/b15-9-. The minimum Gasteiger partial charge on any atom is -0.361 e. The number of allylic oxidation sites excluding steroid dienone is 2. The van der Waals surface area contributed by atoms with Gasteiger partial charge in [-0.2, -0.15) is 0 Å². The topological polar surface area (TPSA) is 27.3 Å². The molecule has 1 rings (SSSR count). The van der Waals surface area contributed by atoms with Crippen molar-refractivity contribution in [1.82, 2.24) is 15.5 Å². The van der Waals surface area contributed by atoms with Gasteiger partial charge in [0, 0.05) is 31.8 Å². The fourth-order valence-corrected chi connectivity index (χ4v) is 2.54. The summed E-state index contributed by atoms with van der Waals surface area (Å²) in [7, 11) is 4.08. The molecule has 21 heavy (non-hydrogen) atoms. The van der Waals surface area contributed by atoms with Crippen LogP contribution in [-0.2, 0) is 0 Å². The van der Waals surface area contributed by atoms with Gasteiger partial charge in [-0.3, -0.25) is 5.32 Å². The van der Waals surface area contributed by atoms with Crippen molar-refractivity contribution in [1.29, 1.82) is 0 Å². The monoisotopic (exact) mass is 294 g/mol. The second-order valence-corrected chi connectivity index (χ2v) is 6.18. The molecule has 3 nitrogen and oxygen atoms in total. The van der Waals surface area contributed by atoms with Crippen molar-refractivity contribution in [2.75, 3.05) is 13.6 Å². The van der Waals surface area contributed by atoms with E-state index in [9.17, 15) is 4.39 Å². The lowest BCUT2D eigenvalue weighted by Crippen LogP contribution is -2.55. The zero-order valence-corrected chi connectivity index (χ0v) is 14.3. The molecule has 119 valence electrons. The molecule has 0 aromatic heterocycles. The fourth-order valence-electron chi connectivity index (χ4n) is 2.54. The Hall–Kier alpha value is -0.965. The van der Waals surface area contributed by atoms with Gasteiger partial charge in [-0.25, -0.2) is 4.39 Å². The third kappa shape index (κ3) is 5.38. The van der Waals surface area contributed by atoms with Gasteiger partial charge in [-0.05, 0) is 26.2 Å². The van der Waals surface area contributed by atoms with Crippen molar-refractivity contribution in [3.63, 3.8) is 0 Å². The van der Waals surface area contributed by atoms with Gasteiger partial charge in [-0.15, -0.1) is 0 Å². The first-order valence-electron chi connectivity index (χ1n) is 7.94. The third-order valence-corrected chi connectivity index (χ3v) is 4.04. The molecule has 1 fully saturated rings. The summed E-state index contributed by atoms with van der Waals surface area (Å²) in [6.45, 7) is 11.5. The molecular formula is C16H30BFN3. The minimum atomic E-state index is -0.824. The van der Waals surface area contributed by atoms with Crippen LogP contribution < -0.4 is 10.6 Å². The van der Waals surface area contributed by atoms with E-state index in [2.05, 4.69) is 56.3 Å². The quantitative estimate of drug-likeness (QED) is 0.532. The molecule has 1 radical (unpaired) electrons. The lowest BCUT2D eigenvalue weighted by atomic mass is 9.82. The molecule has 1 aliphatic rings. The van der Waals surface area contributed by atoms with Crippen LogP contribution in [0.5, 0.6) is 0 Å². The van der Waals surface area contributed by atoms with Crippen LogP contribution in [0.3, 0.4) is 0 Å². The molecule has 1 aliphatic heterocycles. The Bertz CT molecular complexity index is 385. The molecule has 0 spiro atoms. The van der Waals surface area contributed by atoms with Gasteiger partial charge in [0.25, 0.3) is 0 Å². The summed E-state index contributed by atoms with van der Waals surface area (Å²) in [6.07, 6.45) is 0.887. The largest absolute Gasteiger partial charge is 0.361 e. The molecule has 5 heteroatoms. The molecule has 0 aromatic carbocycles. The van der Waals surface area contributed by atoms with Gasteiger partial charge < -0.3 is 10.2 Å². The summed E-state index contributed by atoms with van der Waals surface area (Å²) >= 11 is 0. The lowest BCUT2D eigenvalue weighted by molar-refractivity contribution is 0.106. The Kier molecular flexibility index (Phi) is 7.30. The number of halogens is 1. The molecule has 0 saturated carbocycles. The zero-order valence-electron chi connectivity index (χ0n) is 14.3. The van der Waals surface area contributed by atoms with Crippen molar-refractivity contribution in [3.8, 4) is 0 Å². The maximum atomic E-state index is 12.9. The number of rotatable bonds is 8. The fraction of sp³-hybridized carbons (Fsp3) is 0.750. The normalized spacial score (nSPS) is 23.1. The molecule has 0 amide bonds. The van der Waals surface area contributed by atoms with Crippen LogP contribution in [0.15, 0.2) is 23.1 Å². The second-order valence-electron chi connectivity index (χ2n) is 6.18. The average molecular weight is 294 g/mol. The summed E-state index contributed by atoms with van der Waals surface area (Å²) in [5.41, 5.74) is 2.59. The van der Waals surface area contributed by atoms with Gasteiger partial charge >= 0.3 is 0 Å². The van der Waals surface area contributed by atoms with E-state index in [-0.39, 0.29) is 6.04 Å².